The maximum atomic E-state index is 11.9. The zero-order chi connectivity index (χ0) is 18.1. The van der Waals surface area contributed by atoms with Gasteiger partial charge in [-0.25, -0.2) is 4.79 Å². The molecule has 0 fully saturated rings. The van der Waals surface area contributed by atoms with E-state index in [1.54, 1.807) is 41.5 Å². The molecule has 0 N–H and O–H groups in total. The number of amides is 1. The first-order valence-corrected chi connectivity index (χ1v) is 7.87. The molecule has 0 aliphatic heterocycles. The van der Waals surface area contributed by atoms with Gasteiger partial charge in [0.2, 0.25) is 0 Å². The number of hydrogen-bond acceptors (Lipinski definition) is 4. The number of ether oxygens (including phenoxy) is 2. The minimum absolute atomic E-state index is 0.0213. The van der Waals surface area contributed by atoms with Gasteiger partial charge in [0.25, 0.3) is 0 Å². The van der Waals surface area contributed by atoms with Crippen molar-refractivity contribution in [2.24, 2.45) is 4.99 Å². The normalized spacial score (nSPS) is 12.5. The maximum absolute atomic E-state index is 11.9. The highest BCUT2D eigenvalue weighted by Gasteiger charge is 2.20. The van der Waals surface area contributed by atoms with Crippen LogP contribution in [0.5, 0.6) is 0 Å². The predicted octanol–water partition coefficient (Wildman–Crippen LogP) is 4.29. The number of nitrogens with zero attached hydrogens (tertiary/aromatic N) is 1. The summed E-state index contributed by atoms with van der Waals surface area (Å²) in [5.74, 6) is 2.16. The van der Waals surface area contributed by atoms with E-state index in [9.17, 15) is 9.59 Å². The summed E-state index contributed by atoms with van der Waals surface area (Å²) in [7, 11) is 0. The van der Waals surface area contributed by atoms with Gasteiger partial charge in [0, 0.05) is 12.1 Å². The molecule has 0 saturated heterocycles. The van der Waals surface area contributed by atoms with Gasteiger partial charge in [0.1, 0.15) is 11.2 Å². The van der Waals surface area contributed by atoms with Crippen LogP contribution in [0.3, 0.4) is 0 Å². The Morgan fingerprint density at radius 3 is 2.04 bits per heavy atom. The van der Waals surface area contributed by atoms with Crippen molar-refractivity contribution in [1.29, 1.82) is 0 Å². The summed E-state index contributed by atoms with van der Waals surface area (Å²) in [6, 6.07) is 0. The monoisotopic (exact) mass is 323 g/mol. The van der Waals surface area contributed by atoms with E-state index in [2.05, 4.69) is 10.9 Å². The number of aliphatic imine (C=N–C) groups is 1. The fourth-order valence-corrected chi connectivity index (χ4v) is 1.70. The summed E-state index contributed by atoms with van der Waals surface area (Å²) in [6.07, 6.45) is 7.26. The second-order valence-corrected chi connectivity index (χ2v) is 7.33. The van der Waals surface area contributed by atoms with Crippen LogP contribution >= 0.6 is 0 Å². The Morgan fingerprint density at radius 1 is 1.00 bits per heavy atom. The molecule has 0 atom stereocenters. The van der Waals surface area contributed by atoms with Crippen LogP contribution in [-0.4, -0.2) is 29.0 Å². The van der Waals surface area contributed by atoms with E-state index in [0.717, 1.165) is 12.8 Å². The third kappa shape index (κ3) is 13.5. The summed E-state index contributed by atoms with van der Waals surface area (Å²) in [4.78, 5) is 27.7. The Balaban J connectivity index is 4.83. The molecule has 0 aromatic carbocycles. The standard InChI is InChI=1S/C18H29NO4/c1-8-9-10-11-12-14(13-15(20)22-17(2,3)4)19-16(21)23-18(5,6)7/h1H,9-13H2,2-7H3. The number of carbonyl (C=O) groups is 2. The van der Waals surface area contributed by atoms with Gasteiger partial charge >= 0.3 is 12.1 Å². The van der Waals surface area contributed by atoms with Crippen LogP contribution in [0.15, 0.2) is 4.99 Å². The molecule has 5 heteroatoms. The molecule has 130 valence electrons. The fourth-order valence-electron chi connectivity index (χ4n) is 1.70. The number of esters is 1. The highest BCUT2D eigenvalue weighted by molar-refractivity contribution is 6.03. The lowest BCUT2D eigenvalue weighted by molar-refractivity contribution is -0.153. The van der Waals surface area contributed by atoms with Gasteiger partial charge in [-0.3, -0.25) is 4.79 Å². The van der Waals surface area contributed by atoms with E-state index in [-0.39, 0.29) is 6.42 Å². The zero-order valence-electron chi connectivity index (χ0n) is 15.2. The van der Waals surface area contributed by atoms with E-state index >= 15 is 0 Å². The van der Waals surface area contributed by atoms with Crippen molar-refractivity contribution in [3.8, 4) is 12.3 Å². The predicted molar refractivity (Wildman–Crippen MR) is 91.4 cm³/mol. The molecule has 0 heterocycles. The number of carbonyl (C=O) groups excluding carboxylic acids is 2. The Morgan fingerprint density at radius 2 is 1.57 bits per heavy atom. The molecule has 0 radical (unpaired) electrons. The first kappa shape index (κ1) is 21.2. The number of unbranched alkanes of at least 4 members (excludes halogenated alkanes) is 2. The average Bonchev–Trinajstić information content (AvgIpc) is 2.29. The van der Waals surface area contributed by atoms with Crippen LogP contribution < -0.4 is 0 Å². The van der Waals surface area contributed by atoms with Crippen molar-refractivity contribution in [3.05, 3.63) is 0 Å². The lowest BCUT2D eigenvalue weighted by atomic mass is 10.1. The Kier molecular flexibility index (Phi) is 8.60. The third-order valence-electron chi connectivity index (χ3n) is 2.45. The molecule has 0 aromatic rings. The SMILES string of the molecule is C#CCCCCC(CC(=O)OC(C)(C)C)=NC(=O)OC(C)(C)C. The maximum Gasteiger partial charge on any atom is 0.434 e. The molecular weight excluding hydrogens is 294 g/mol. The molecule has 0 bridgehead atoms. The van der Waals surface area contributed by atoms with Gasteiger partial charge in [0.05, 0.1) is 6.42 Å². The molecule has 0 rings (SSSR count). The van der Waals surface area contributed by atoms with Crippen LogP contribution in [-0.2, 0) is 14.3 Å². The Bertz CT molecular complexity index is 473. The van der Waals surface area contributed by atoms with E-state index in [0.29, 0.717) is 18.6 Å². The van der Waals surface area contributed by atoms with Gasteiger partial charge in [-0.15, -0.1) is 12.3 Å². The van der Waals surface area contributed by atoms with Gasteiger partial charge in [-0.05, 0) is 60.8 Å². The molecule has 5 nitrogen and oxygen atoms in total. The first-order valence-electron chi connectivity index (χ1n) is 7.87. The van der Waals surface area contributed by atoms with E-state index in [1.807, 2.05) is 0 Å². The van der Waals surface area contributed by atoms with E-state index in [1.165, 1.54) is 0 Å². The largest absolute Gasteiger partial charge is 0.460 e. The van der Waals surface area contributed by atoms with Crippen LogP contribution in [0.1, 0.15) is 73.6 Å². The second-order valence-electron chi connectivity index (χ2n) is 7.33. The quantitative estimate of drug-likeness (QED) is 0.316. The lowest BCUT2D eigenvalue weighted by Crippen LogP contribution is -2.26. The summed E-state index contributed by atoms with van der Waals surface area (Å²) >= 11 is 0. The lowest BCUT2D eigenvalue weighted by Gasteiger charge is -2.20. The number of rotatable bonds is 6. The van der Waals surface area contributed by atoms with Crippen LogP contribution in [0.2, 0.25) is 0 Å². The van der Waals surface area contributed by atoms with Crippen molar-refractivity contribution in [2.45, 2.75) is 84.8 Å². The smallest absolute Gasteiger partial charge is 0.434 e. The molecule has 23 heavy (non-hydrogen) atoms. The highest BCUT2D eigenvalue weighted by atomic mass is 16.6. The molecule has 0 spiro atoms. The van der Waals surface area contributed by atoms with Crippen molar-refractivity contribution >= 4 is 17.8 Å². The van der Waals surface area contributed by atoms with Crippen LogP contribution in [0.25, 0.3) is 0 Å². The average molecular weight is 323 g/mol. The molecular formula is C18H29NO4. The Hall–Kier alpha value is -1.83. The molecule has 0 unspecified atom stereocenters. The van der Waals surface area contributed by atoms with Crippen molar-refractivity contribution in [3.63, 3.8) is 0 Å². The van der Waals surface area contributed by atoms with Gasteiger partial charge in [0.15, 0.2) is 0 Å². The molecule has 0 aromatic heterocycles. The first-order chi connectivity index (χ1) is 10.4. The number of hydrogen-bond donors (Lipinski definition) is 0. The summed E-state index contributed by atoms with van der Waals surface area (Å²) < 4.78 is 10.4. The molecule has 0 aliphatic carbocycles. The minimum atomic E-state index is -0.687. The Labute approximate surface area is 139 Å². The second kappa shape index (κ2) is 9.34. The fraction of sp³-hybridized carbons (Fsp3) is 0.722. The van der Waals surface area contributed by atoms with E-state index in [4.69, 9.17) is 15.9 Å². The topological polar surface area (TPSA) is 65.0 Å². The van der Waals surface area contributed by atoms with Crippen LogP contribution in [0, 0.1) is 12.3 Å². The van der Waals surface area contributed by atoms with Gasteiger partial charge < -0.3 is 9.47 Å². The van der Waals surface area contributed by atoms with Crippen molar-refractivity contribution in [1.82, 2.24) is 0 Å². The van der Waals surface area contributed by atoms with Gasteiger partial charge in [-0.2, -0.15) is 4.99 Å². The summed E-state index contributed by atoms with van der Waals surface area (Å²) in [6.45, 7) is 10.7. The third-order valence-corrected chi connectivity index (χ3v) is 2.45. The summed E-state index contributed by atoms with van der Waals surface area (Å²) in [5, 5.41) is 0. The van der Waals surface area contributed by atoms with Crippen LogP contribution in [0.4, 0.5) is 4.79 Å². The highest BCUT2D eigenvalue weighted by Crippen LogP contribution is 2.13. The van der Waals surface area contributed by atoms with Gasteiger partial charge in [-0.1, -0.05) is 0 Å². The van der Waals surface area contributed by atoms with Crippen molar-refractivity contribution in [2.75, 3.05) is 0 Å². The minimum Gasteiger partial charge on any atom is -0.460 e. The van der Waals surface area contributed by atoms with Crippen molar-refractivity contribution < 1.29 is 19.1 Å². The molecule has 1 amide bonds. The van der Waals surface area contributed by atoms with E-state index < -0.39 is 23.3 Å². The molecule has 0 aliphatic rings. The number of terminal acetylenes is 1. The zero-order valence-corrected chi connectivity index (χ0v) is 15.2. The summed E-state index contributed by atoms with van der Waals surface area (Å²) in [5.41, 5.74) is -0.732. The molecule has 0 saturated carbocycles.